The molecule has 0 bridgehead atoms. The van der Waals surface area contributed by atoms with Gasteiger partial charge in [-0.1, -0.05) is 23.8 Å². The number of carbonyl (C=O) groups excluding carboxylic acids is 1. The van der Waals surface area contributed by atoms with Gasteiger partial charge in [-0.3, -0.25) is 4.79 Å². The average molecular weight is 430 g/mol. The second-order valence-corrected chi connectivity index (χ2v) is 9.37. The number of aryl methyl sites for hydroxylation is 1. The largest absolute Gasteiger partial charge is 0.303 e. The summed E-state index contributed by atoms with van der Waals surface area (Å²) in [4.78, 5) is 14.7. The third-order valence-electron chi connectivity index (χ3n) is 7.21. The van der Waals surface area contributed by atoms with Crippen LogP contribution in [-0.2, 0) is 12.8 Å². The lowest BCUT2D eigenvalue weighted by atomic mass is 9.70. The molecule has 2 aromatic rings. The summed E-state index contributed by atoms with van der Waals surface area (Å²) in [6.45, 7) is 3.14. The van der Waals surface area contributed by atoms with Gasteiger partial charge in [0, 0.05) is 18.0 Å². The molecule has 0 heterocycles. The molecule has 1 saturated carbocycles. The highest BCUT2D eigenvalue weighted by Gasteiger charge is 2.40. The number of fused-ring (bicyclic) bond motifs is 1. The van der Waals surface area contributed by atoms with Crippen molar-refractivity contribution in [3.63, 3.8) is 0 Å². The van der Waals surface area contributed by atoms with Gasteiger partial charge >= 0.3 is 0 Å². The van der Waals surface area contributed by atoms with Crippen molar-refractivity contribution < 1.29 is 9.18 Å². The second kappa shape index (κ2) is 9.62. The van der Waals surface area contributed by atoms with E-state index in [1.54, 1.807) is 23.3 Å². The highest BCUT2D eigenvalue weighted by molar-refractivity contribution is 5.95. The Bertz CT molecular complexity index is 871. The minimum absolute atomic E-state index is 0. The van der Waals surface area contributed by atoms with Crippen LogP contribution in [0.1, 0.15) is 65.6 Å². The van der Waals surface area contributed by atoms with Crippen LogP contribution in [0.25, 0.3) is 0 Å². The van der Waals surface area contributed by atoms with Crippen LogP contribution in [0.4, 0.5) is 4.39 Å². The van der Waals surface area contributed by atoms with Crippen molar-refractivity contribution in [2.75, 3.05) is 13.6 Å². The monoisotopic (exact) mass is 429 g/mol. The summed E-state index contributed by atoms with van der Waals surface area (Å²) in [5.74, 6) is -0.183. The molecular formula is C26H33ClFNO. The van der Waals surface area contributed by atoms with Gasteiger partial charge in [-0.05, 0) is 106 Å². The molecule has 0 aliphatic heterocycles. The molecule has 0 radical (unpaired) electrons. The number of hydrogen-bond acceptors (Lipinski definition) is 2. The molecule has 30 heavy (non-hydrogen) atoms. The first-order valence-electron chi connectivity index (χ1n) is 11.0. The van der Waals surface area contributed by atoms with Crippen molar-refractivity contribution in [1.29, 1.82) is 0 Å². The number of rotatable bonds is 6. The Morgan fingerprint density at radius 2 is 1.73 bits per heavy atom. The molecule has 2 aliphatic rings. The van der Waals surface area contributed by atoms with E-state index in [0.29, 0.717) is 23.4 Å². The van der Waals surface area contributed by atoms with Gasteiger partial charge < -0.3 is 4.90 Å². The highest BCUT2D eigenvalue weighted by atomic mass is 35.5. The third kappa shape index (κ3) is 5.12. The maximum Gasteiger partial charge on any atom is 0.162 e. The average Bonchev–Trinajstić information content (AvgIpc) is 3.05. The van der Waals surface area contributed by atoms with Gasteiger partial charge in [0.1, 0.15) is 5.82 Å². The zero-order chi connectivity index (χ0) is 20.4. The molecule has 4 rings (SSSR count). The smallest absolute Gasteiger partial charge is 0.162 e. The van der Waals surface area contributed by atoms with Crippen molar-refractivity contribution in [2.45, 2.75) is 64.3 Å². The van der Waals surface area contributed by atoms with Crippen molar-refractivity contribution in [1.82, 2.24) is 4.90 Å². The number of hydrogen-bond donors (Lipinski definition) is 0. The Kier molecular flexibility index (Phi) is 7.36. The molecule has 0 unspecified atom stereocenters. The van der Waals surface area contributed by atoms with Crippen LogP contribution >= 0.6 is 12.4 Å². The van der Waals surface area contributed by atoms with Crippen LogP contribution in [0.2, 0.25) is 0 Å². The molecule has 0 N–H and O–H groups in total. The predicted molar refractivity (Wildman–Crippen MR) is 123 cm³/mol. The van der Waals surface area contributed by atoms with Crippen molar-refractivity contribution >= 4 is 18.2 Å². The number of halogens is 2. The number of ketones is 1. The van der Waals surface area contributed by atoms with Gasteiger partial charge in [-0.25, -0.2) is 4.39 Å². The fourth-order valence-electron chi connectivity index (χ4n) is 5.42. The highest BCUT2D eigenvalue weighted by Crippen LogP contribution is 2.48. The molecule has 2 nitrogen and oxygen atoms in total. The fraction of sp³-hybridized carbons (Fsp3) is 0.500. The summed E-state index contributed by atoms with van der Waals surface area (Å²) in [6, 6.07) is 13.5. The predicted octanol–water partition coefficient (Wildman–Crippen LogP) is 6.18. The molecule has 1 spiro atoms. The van der Waals surface area contributed by atoms with Crippen LogP contribution in [0.5, 0.6) is 0 Å². The lowest BCUT2D eigenvalue weighted by Crippen LogP contribution is -2.39. The van der Waals surface area contributed by atoms with Gasteiger partial charge in [0.15, 0.2) is 5.78 Å². The van der Waals surface area contributed by atoms with E-state index in [9.17, 15) is 9.18 Å². The van der Waals surface area contributed by atoms with Gasteiger partial charge in [-0.15, -0.1) is 12.4 Å². The molecule has 0 aromatic heterocycles. The lowest BCUT2D eigenvalue weighted by Gasteiger charge is -2.40. The van der Waals surface area contributed by atoms with E-state index in [1.165, 1.54) is 56.2 Å². The Hall–Kier alpha value is -1.71. The Balaban J connectivity index is 0.00000256. The molecule has 1 fully saturated rings. The number of benzene rings is 2. The van der Waals surface area contributed by atoms with E-state index in [0.717, 1.165) is 13.0 Å². The summed E-state index contributed by atoms with van der Waals surface area (Å²) in [6.07, 6.45) is 9.04. The van der Waals surface area contributed by atoms with Crippen LogP contribution in [0.3, 0.4) is 0 Å². The van der Waals surface area contributed by atoms with Gasteiger partial charge in [0.05, 0.1) is 0 Å². The summed E-state index contributed by atoms with van der Waals surface area (Å²) in [5.41, 5.74) is 5.64. The summed E-state index contributed by atoms with van der Waals surface area (Å²) in [5, 5.41) is 0. The van der Waals surface area contributed by atoms with Crippen molar-refractivity contribution in [2.24, 2.45) is 5.41 Å². The van der Waals surface area contributed by atoms with E-state index < -0.39 is 0 Å². The number of nitrogens with zero attached hydrogens (tertiary/aromatic N) is 1. The molecular weight excluding hydrogens is 397 g/mol. The van der Waals surface area contributed by atoms with Crippen LogP contribution in [0, 0.1) is 18.2 Å². The van der Waals surface area contributed by atoms with Crippen LogP contribution in [-0.4, -0.2) is 30.3 Å². The van der Waals surface area contributed by atoms with Crippen molar-refractivity contribution in [3.05, 3.63) is 70.5 Å². The maximum absolute atomic E-state index is 13.0. The Morgan fingerprint density at radius 1 is 1.07 bits per heavy atom. The zero-order valence-corrected chi connectivity index (χ0v) is 18.9. The Morgan fingerprint density at radius 3 is 2.43 bits per heavy atom. The summed E-state index contributed by atoms with van der Waals surface area (Å²) in [7, 11) is 2.21. The topological polar surface area (TPSA) is 20.3 Å². The van der Waals surface area contributed by atoms with E-state index >= 15 is 0 Å². The molecule has 0 amide bonds. The van der Waals surface area contributed by atoms with E-state index in [-0.39, 0.29) is 24.0 Å². The standard InChI is InChI=1S/C26H32FNO.ClH/c1-19-5-6-21-17-26(18-22(21)16-19)13-11-24(12-14-26)28(2)15-3-4-25(29)20-7-9-23(27)10-8-20;/h5-10,16,24H,3-4,11-15,17-18H2,1-2H3;1H. The zero-order valence-electron chi connectivity index (χ0n) is 18.1. The van der Waals surface area contributed by atoms with Gasteiger partial charge in [-0.2, -0.15) is 0 Å². The maximum atomic E-state index is 13.0. The molecule has 2 aromatic carbocycles. The first-order valence-corrected chi connectivity index (χ1v) is 11.0. The van der Waals surface area contributed by atoms with Crippen LogP contribution in [0.15, 0.2) is 42.5 Å². The van der Waals surface area contributed by atoms with E-state index in [1.807, 2.05) is 0 Å². The van der Waals surface area contributed by atoms with Crippen LogP contribution < -0.4 is 0 Å². The third-order valence-corrected chi connectivity index (χ3v) is 7.21. The minimum Gasteiger partial charge on any atom is -0.303 e. The first-order chi connectivity index (χ1) is 13.9. The summed E-state index contributed by atoms with van der Waals surface area (Å²) < 4.78 is 13.0. The molecule has 0 saturated heterocycles. The normalized spacial score (nSPS) is 22.7. The minimum atomic E-state index is -0.295. The first kappa shape index (κ1) is 23.0. The summed E-state index contributed by atoms with van der Waals surface area (Å²) >= 11 is 0. The lowest BCUT2D eigenvalue weighted by molar-refractivity contribution is 0.0948. The molecule has 2 aliphatic carbocycles. The second-order valence-electron chi connectivity index (χ2n) is 9.37. The Labute approximate surface area is 186 Å². The van der Waals surface area contributed by atoms with E-state index in [2.05, 4.69) is 37.1 Å². The quantitative estimate of drug-likeness (QED) is 0.511. The SMILES string of the molecule is Cc1ccc2c(c1)CC1(CCC(N(C)CCCC(=O)c3ccc(F)cc3)CC1)C2.Cl. The molecule has 4 heteroatoms. The molecule has 0 atom stereocenters. The van der Waals surface area contributed by atoms with E-state index in [4.69, 9.17) is 0 Å². The fourth-order valence-corrected chi connectivity index (χ4v) is 5.42. The van der Waals surface area contributed by atoms with Gasteiger partial charge in [0.25, 0.3) is 0 Å². The molecule has 162 valence electrons. The number of Topliss-reactive ketones (excluding diaryl/α,β-unsaturated/α-hetero) is 1. The number of carbonyl (C=O) groups is 1. The van der Waals surface area contributed by atoms with Crippen molar-refractivity contribution in [3.8, 4) is 0 Å². The van der Waals surface area contributed by atoms with Gasteiger partial charge in [0.2, 0.25) is 0 Å².